The number of halogens is 1. The van der Waals surface area contributed by atoms with Crippen LogP contribution in [-0.2, 0) is 6.42 Å². The van der Waals surface area contributed by atoms with Crippen molar-refractivity contribution in [2.45, 2.75) is 26.2 Å². The predicted molar refractivity (Wildman–Crippen MR) is 67.2 cm³/mol. The van der Waals surface area contributed by atoms with E-state index in [1.165, 1.54) is 18.4 Å². The maximum absolute atomic E-state index is 9.59. The first kappa shape index (κ1) is 11.7. The maximum atomic E-state index is 9.59. The molecule has 0 bridgehead atoms. The van der Waals surface area contributed by atoms with E-state index in [0.29, 0.717) is 5.02 Å². The molecule has 16 heavy (non-hydrogen) atoms. The van der Waals surface area contributed by atoms with Gasteiger partial charge in [0.2, 0.25) is 0 Å². The normalized spacial score (nSPS) is 17.6. The molecular weight excluding hydrogens is 222 g/mol. The highest BCUT2D eigenvalue weighted by Gasteiger charge is 2.14. The highest BCUT2D eigenvalue weighted by atomic mass is 35.5. The Balaban J connectivity index is 2.09. The molecule has 2 N–H and O–H groups in total. The summed E-state index contributed by atoms with van der Waals surface area (Å²) in [5, 5.41) is 13.4. The number of rotatable bonds is 2. The van der Waals surface area contributed by atoms with E-state index in [-0.39, 0.29) is 5.75 Å². The summed E-state index contributed by atoms with van der Waals surface area (Å²) in [6.07, 6.45) is 3.54. The SMILES string of the molecule is Cc1cc(CC2CCNCC2)cc(Cl)c1O. The molecule has 0 atom stereocenters. The number of phenols is 1. The van der Waals surface area contributed by atoms with Crippen molar-refractivity contribution < 1.29 is 5.11 Å². The number of phenolic OH excluding ortho intramolecular Hbond substituents is 1. The first-order valence-corrected chi connectivity index (χ1v) is 6.23. The third-order valence-corrected chi connectivity index (χ3v) is 3.58. The highest BCUT2D eigenvalue weighted by molar-refractivity contribution is 6.32. The van der Waals surface area contributed by atoms with Gasteiger partial charge in [0.25, 0.3) is 0 Å². The van der Waals surface area contributed by atoms with Crippen LogP contribution in [0.5, 0.6) is 5.75 Å². The van der Waals surface area contributed by atoms with E-state index >= 15 is 0 Å². The molecule has 1 fully saturated rings. The van der Waals surface area contributed by atoms with Crippen molar-refractivity contribution in [1.29, 1.82) is 0 Å². The Morgan fingerprint density at radius 3 is 2.69 bits per heavy atom. The highest BCUT2D eigenvalue weighted by Crippen LogP contribution is 2.30. The van der Waals surface area contributed by atoms with Crippen LogP contribution in [0.4, 0.5) is 0 Å². The minimum atomic E-state index is 0.218. The largest absolute Gasteiger partial charge is 0.506 e. The topological polar surface area (TPSA) is 32.3 Å². The predicted octanol–water partition coefficient (Wildman–Crippen LogP) is 2.90. The van der Waals surface area contributed by atoms with Crippen LogP contribution in [0, 0.1) is 12.8 Å². The van der Waals surface area contributed by atoms with Crippen LogP contribution < -0.4 is 5.32 Å². The van der Waals surface area contributed by atoms with Gasteiger partial charge < -0.3 is 10.4 Å². The van der Waals surface area contributed by atoms with Crippen LogP contribution >= 0.6 is 11.6 Å². The zero-order chi connectivity index (χ0) is 11.5. The summed E-state index contributed by atoms with van der Waals surface area (Å²) in [7, 11) is 0. The number of aryl methyl sites for hydroxylation is 1. The van der Waals surface area contributed by atoms with Gasteiger partial charge in [-0.2, -0.15) is 0 Å². The molecule has 0 unspecified atom stereocenters. The summed E-state index contributed by atoms with van der Waals surface area (Å²) in [6.45, 7) is 4.14. The molecule has 0 radical (unpaired) electrons. The lowest BCUT2D eigenvalue weighted by Gasteiger charge is -2.22. The third-order valence-electron chi connectivity index (χ3n) is 3.30. The standard InChI is InChI=1S/C13H18ClNO/c1-9-6-11(8-12(14)13(9)16)7-10-2-4-15-5-3-10/h6,8,10,15-16H,2-5,7H2,1H3. The molecule has 1 aliphatic rings. The van der Waals surface area contributed by atoms with Gasteiger partial charge in [0.1, 0.15) is 5.75 Å². The third kappa shape index (κ3) is 2.69. The smallest absolute Gasteiger partial charge is 0.137 e. The molecule has 2 nitrogen and oxygen atoms in total. The average Bonchev–Trinajstić information content (AvgIpc) is 2.27. The van der Waals surface area contributed by atoms with Crippen LogP contribution in [0.2, 0.25) is 5.02 Å². The molecule has 0 aromatic heterocycles. The zero-order valence-electron chi connectivity index (χ0n) is 9.59. The van der Waals surface area contributed by atoms with Gasteiger partial charge in [-0.25, -0.2) is 0 Å². The fourth-order valence-corrected chi connectivity index (χ4v) is 2.63. The van der Waals surface area contributed by atoms with Crippen molar-refractivity contribution in [3.05, 3.63) is 28.3 Å². The Morgan fingerprint density at radius 2 is 2.06 bits per heavy atom. The second-order valence-corrected chi connectivity index (χ2v) is 5.05. The molecule has 0 amide bonds. The minimum absolute atomic E-state index is 0.218. The van der Waals surface area contributed by atoms with E-state index in [1.54, 1.807) is 0 Å². The van der Waals surface area contributed by atoms with Gasteiger partial charge in [0, 0.05) is 0 Å². The fourth-order valence-electron chi connectivity index (χ4n) is 2.34. The summed E-state index contributed by atoms with van der Waals surface area (Å²) in [6, 6.07) is 3.94. The summed E-state index contributed by atoms with van der Waals surface area (Å²) in [5.74, 6) is 0.969. The molecule has 1 saturated heterocycles. The van der Waals surface area contributed by atoms with Gasteiger partial charge in [-0.15, -0.1) is 0 Å². The Kier molecular flexibility index (Phi) is 3.72. The monoisotopic (exact) mass is 239 g/mol. The van der Waals surface area contributed by atoms with Crippen LogP contribution in [0.1, 0.15) is 24.0 Å². The van der Waals surface area contributed by atoms with Gasteiger partial charge in [-0.3, -0.25) is 0 Å². The van der Waals surface area contributed by atoms with Crippen molar-refractivity contribution in [2.24, 2.45) is 5.92 Å². The molecule has 1 aliphatic heterocycles. The molecule has 0 spiro atoms. The average molecular weight is 240 g/mol. The van der Waals surface area contributed by atoms with E-state index in [0.717, 1.165) is 31.0 Å². The van der Waals surface area contributed by atoms with E-state index in [1.807, 2.05) is 19.1 Å². The van der Waals surface area contributed by atoms with Gasteiger partial charge >= 0.3 is 0 Å². The van der Waals surface area contributed by atoms with Gasteiger partial charge in [-0.05, 0) is 62.4 Å². The van der Waals surface area contributed by atoms with Crippen LogP contribution in [-0.4, -0.2) is 18.2 Å². The molecule has 88 valence electrons. The summed E-state index contributed by atoms with van der Waals surface area (Å²) in [5.41, 5.74) is 2.11. The molecule has 1 aromatic carbocycles. The molecule has 0 aliphatic carbocycles. The number of piperidine rings is 1. The minimum Gasteiger partial charge on any atom is -0.506 e. The lowest BCUT2D eigenvalue weighted by Crippen LogP contribution is -2.28. The van der Waals surface area contributed by atoms with E-state index in [2.05, 4.69) is 5.32 Å². The molecular formula is C13H18ClNO. The Bertz CT molecular complexity index is 349. The number of hydrogen-bond acceptors (Lipinski definition) is 2. The Morgan fingerprint density at radius 1 is 1.38 bits per heavy atom. The second-order valence-electron chi connectivity index (χ2n) is 4.64. The van der Waals surface area contributed by atoms with Crippen molar-refractivity contribution >= 4 is 11.6 Å². The lowest BCUT2D eigenvalue weighted by molar-refractivity contribution is 0.372. The van der Waals surface area contributed by atoms with E-state index < -0.39 is 0 Å². The number of nitrogens with one attached hydrogen (secondary N) is 1. The van der Waals surface area contributed by atoms with Crippen molar-refractivity contribution in [3.8, 4) is 5.75 Å². The number of aromatic hydroxyl groups is 1. The molecule has 3 heteroatoms. The van der Waals surface area contributed by atoms with Crippen LogP contribution in [0.15, 0.2) is 12.1 Å². The lowest BCUT2D eigenvalue weighted by atomic mass is 9.90. The first-order chi connectivity index (χ1) is 7.66. The fraction of sp³-hybridized carbons (Fsp3) is 0.538. The van der Waals surface area contributed by atoms with Crippen LogP contribution in [0.25, 0.3) is 0 Å². The molecule has 1 aromatic rings. The number of hydrogen-bond donors (Lipinski definition) is 2. The molecule has 2 rings (SSSR count). The van der Waals surface area contributed by atoms with Gasteiger partial charge in [0.05, 0.1) is 5.02 Å². The van der Waals surface area contributed by atoms with Crippen molar-refractivity contribution in [3.63, 3.8) is 0 Å². The Hall–Kier alpha value is -0.730. The van der Waals surface area contributed by atoms with Gasteiger partial charge in [0.15, 0.2) is 0 Å². The van der Waals surface area contributed by atoms with E-state index in [9.17, 15) is 5.11 Å². The second kappa shape index (κ2) is 5.07. The Labute approximate surface area is 102 Å². The summed E-state index contributed by atoms with van der Waals surface area (Å²) in [4.78, 5) is 0. The summed E-state index contributed by atoms with van der Waals surface area (Å²) >= 11 is 5.97. The first-order valence-electron chi connectivity index (χ1n) is 5.85. The number of benzene rings is 1. The quantitative estimate of drug-likeness (QED) is 0.832. The van der Waals surface area contributed by atoms with Crippen molar-refractivity contribution in [1.82, 2.24) is 5.32 Å². The van der Waals surface area contributed by atoms with Crippen LogP contribution in [0.3, 0.4) is 0 Å². The molecule has 0 saturated carbocycles. The molecule has 1 heterocycles. The van der Waals surface area contributed by atoms with Gasteiger partial charge in [-0.1, -0.05) is 17.7 Å². The summed E-state index contributed by atoms with van der Waals surface area (Å²) < 4.78 is 0. The zero-order valence-corrected chi connectivity index (χ0v) is 10.3. The van der Waals surface area contributed by atoms with E-state index in [4.69, 9.17) is 11.6 Å². The maximum Gasteiger partial charge on any atom is 0.137 e. The van der Waals surface area contributed by atoms with Crippen molar-refractivity contribution in [2.75, 3.05) is 13.1 Å².